The topological polar surface area (TPSA) is 193 Å². The Morgan fingerprint density at radius 2 is 1.65 bits per heavy atom. The van der Waals surface area contributed by atoms with Crippen LogP contribution in [0.25, 0.3) is 44.2 Å². The first-order valence-electron chi connectivity index (χ1n) is 22.1. The Balaban J connectivity index is 0.974. The molecule has 3 aliphatic heterocycles. The lowest BCUT2D eigenvalue weighted by atomic mass is 9.92. The van der Waals surface area contributed by atoms with Gasteiger partial charge < -0.3 is 49.3 Å². The minimum absolute atomic E-state index is 0.0342. The highest BCUT2D eigenvalue weighted by Gasteiger charge is 2.43. The Labute approximate surface area is 376 Å². The number of methoxy groups -OCH3 is 3. The van der Waals surface area contributed by atoms with Crippen molar-refractivity contribution in [2.75, 3.05) is 34.5 Å². The third-order valence-corrected chi connectivity index (χ3v) is 13.1. The average molecular weight is 883 g/mol. The predicted molar refractivity (Wildman–Crippen MR) is 243 cm³/mol. The van der Waals surface area contributed by atoms with Gasteiger partial charge in [0.1, 0.15) is 36.1 Å². The molecule has 65 heavy (non-hydrogen) atoms. The summed E-state index contributed by atoms with van der Waals surface area (Å²) in [6, 6.07) is 21.3. The summed E-state index contributed by atoms with van der Waals surface area (Å²) >= 11 is 0. The van der Waals surface area contributed by atoms with Crippen LogP contribution in [0.1, 0.15) is 80.9 Å². The van der Waals surface area contributed by atoms with Crippen LogP contribution in [0.15, 0.2) is 79.0 Å². The molecule has 3 unspecified atom stereocenters. The first-order valence-corrected chi connectivity index (χ1v) is 22.1. The van der Waals surface area contributed by atoms with E-state index < -0.39 is 24.3 Å². The molecule has 4 aromatic carbocycles. The second kappa shape index (κ2) is 17.9. The summed E-state index contributed by atoms with van der Waals surface area (Å²) in [4.78, 5) is 73.5. The Bertz CT molecular complexity index is 2770. The van der Waals surface area contributed by atoms with Gasteiger partial charge in [-0.25, -0.2) is 19.6 Å². The third-order valence-electron chi connectivity index (χ3n) is 13.1. The molecule has 2 fully saturated rings. The van der Waals surface area contributed by atoms with Crippen LogP contribution in [0.5, 0.6) is 5.75 Å². The normalized spacial score (nSPS) is 20.0. The van der Waals surface area contributed by atoms with E-state index >= 15 is 0 Å². The number of hydrogen-bond acceptors (Lipinski definition) is 10. The summed E-state index contributed by atoms with van der Waals surface area (Å²) in [6.07, 6.45) is 2.64. The molecule has 5 heterocycles. The molecule has 0 bridgehead atoms. The maximum atomic E-state index is 14.3. The quantitative estimate of drug-likeness (QED) is 0.100. The molecule has 0 spiro atoms. The lowest BCUT2D eigenvalue weighted by Crippen LogP contribution is -2.52. The van der Waals surface area contributed by atoms with Crippen LogP contribution in [0.2, 0.25) is 0 Å². The molecule has 0 aliphatic carbocycles. The van der Waals surface area contributed by atoms with Gasteiger partial charge in [-0.05, 0) is 84.0 Å². The van der Waals surface area contributed by atoms with Gasteiger partial charge in [-0.1, -0.05) is 62.4 Å². The van der Waals surface area contributed by atoms with E-state index in [2.05, 4.69) is 57.0 Å². The fourth-order valence-electron chi connectivity index (χ4n) is 9.83. The van der Waals surface area contributed by atoms with Crippen molar-refractivity contribution in [3.63, 3.8) is 0 Å². The average Bonchev–Trinajstić information content (AvgIpc) is 4.15. The molecular weight excluding hydrogens is 829 g/mol. The van der Waals surface area contributed by atoms with Crippen molar-refractivity contribution in [1.29, 1.82) is 0 Å². The van der Waals surface area contributed by atoms with Gasteiger partial charge >= 0.3 is 12.2 Å². The van der Waals surface area contributed by atoms with Crippen molar-refractivity contribution in [2.45, 2.75) is 76.8 Å². The highest BCUT2D eigenvalue weighted by atomic mass is 16.5. The van der Waals surface area contributed by atoms with Gasteiger partial charge in [0.25, 0.3) is 5.91 Å². The molecule has 2 aromatic heterocycles. The van der Waals surface area contributed by atoms with Crippen molar-refractivity contribution in [3.8, 4) is 28.1 Å². The molecule has 338 valence electrons. The lowest BCUT2D eigenvalue weighted by molar-refractivity contribution is -0.137. The van der Waals surface area contributed by atoms with E-state index in [4.69, 9.17) is 28.9 Å². The van der Waals surface area contributed by atoms with Gasteiger partial charge in [0.15, 0.2) is 0 Å². The number of aromatic amines is 2. The number of aromatic nitrogens is 4. The molecule has 6 atom stereocenters. The molecule has 4 amide bonds. The standard InChI is InChI=1S/C49H54N8O8/c1-26(2)41(54-48(60)63-5)47(59)57-27(3)12-17-38(57)45-51-36-16-14-30-20-35-33-15-13-31(19-32(33)25-65-40(35)21-34(30)43(36)53-45)37-22-50-44(52-37)39-18-28(24-62-4)23-56(39)46(58)42(55-49(61)64-6)29-10-8-7-9-11-29/h7-11,13-16,19-22,26-28,38-39,41-42H,12,17-18,23-25H2,1-6H3,(H,50,52)(H,51,53)(H,54,60)(H,55,61)/t27-,28-,38-,39?,41?,42?/m0/s1. The van der Waals surface area contributed by atoms with Gasteiger partial charge in [0.05, 0.1) is 55.8 Å². The number of hydrogen-bond donors (Lipinski definition) is 4. The van der Waals surface area contributed by atoms with E-state index in [1.54, 1.807) is 18.2 Å². The van der Waals surface area contributed by atoms with Crippen molar-refractivity contribution in [3.05, 3.63) is 102 Å². The van der Waals surface area contributed by atoms with Crippen LogP contribution in [-0.4, -0.2) is 100 Å². The second-order valence-corrected chi connectivity index (χ2v) is 17.6. The number of benzene rings is 4. The lowest BCUT2D eigenvalue weighted by Gasteiger charge is -2.32. The van der Waals surface area contributed by atoms with E-state index in [0.29, 0.717) is 43.4 Å². The van der Waals surface area contributed by atoms with Gasteiger partial charge in [0.2, 0.25) is 5.91 Å². The van der Waals surface area contributed by atoms with E-state index in [0.717, 1.165) is 68.3 Å². The minimum atomic E-state index is -0.948. The number of imidazole rings is 2. The Hall–Kier alpha value is -6.94. The zero-order valence-electron chi connectivity index (χ0n) is 37.3. The molecule has 2 saturated heterocycles. The number of amides is 4. The van der Waals surface area contributed by atoms with Crippen LogP contribution >= 0.6 is 0 Å². The zero-order valence-corrected chi connectivity index (χ0v) is 37.3. The first-order chi connectivity index (χ1) is 31.5. The number of nitrogens with zero attached hydrogens (tertiary/aromatic N) is 4. The van der Waals surface area contributed by atoms with E-state index in [1.165, 1.54) is 14.2 Å². The summed E-state index contributed by atoms with van der Waals surface area (Å²) in [7, 11) is 4.22. The number of carbonyl (C=O) groups is 4. The van der Waals surface area contributed by atoms with Crippen LogP contribution in [-0.2, 0) is 30.4 Å². The smallest absolute Gasteiger partial charge is 0.407 e. The molecule has 0 radical (unpaired) electrons. The van der Waals surface area contributed by atoms with Crippen LogP contribution < -0.4 is 15.4 Å². The minimum Gasteiger partial charge on any atom is -0.488 e. The second-order valence-electron chi connectivity index (χ2n) is 17.6. The summed E-state index contributed by atoms with van der Waals surface area (Å²) in [5, 5.41) is 7.45. The summed E-state index contributed by atoms with van der Waals surface area (Å²) in [5.74, 6) is 1.62. The molecule has 0 saturated carbocycles. The van der Waals surface area contributed by atoms with E-state index in [1.807, 2.05) is 62.1 Å². The largest absolute Gasteiger partial charge is 0.488 e. The first kappa shape index (κ1) is 43.3. The molecular formula is C49H54N8O8. The van der Waals surface area contributed by atoms with E-state index in [9.17, 15) is 19.2 Å². The maximum absolute atomic E-state index is 14.3. The number of ether oxygens (including phenoxy) is 4. The number of H-pyrrole nitrogens is 2. The van der Waals surface area contributed by atoms with Gasteiger partial charge in [-0.2, -0.15) is 0 Å². The maximum Gasteiger partial charge on any atom is 0.407 e. The summed E-state index contributed by atoms with van der Waals surface area (Å²) < 4.78 is 21.7. The Morgan fingerprint density at radius 1 is 0.862 bits per heavy atom. The number of rotatable bonds is 11. The van der Waals surface area contributed by atoms with Crippen molar-refractivity contribution >= 4 is 45.8 Å². The van der Waals surface area contributed by atoms with Crippen LogP contribution in [0.4, 0.5) is 9.59 Å². The number of likely N-dealkylation sites (tertiary alicyclic amines) is 2. The Kier molecular flexibility index (Phi) is 11.9. The van der Waals surface area contributed by atoms with Gasteiger partial charge in [-0.15, -0.1) is 0 Å². The number of alkyl carbamates (subject to hydrolysis) is 2. The highest BCUT2D eigenvalue weighted by molar-refractivity contribution is 6.07. The van der Waals surface area contributed by atoms with Crippen molar-refractivity contribution in [1.82, 2.24) is 40.4 Å². The fourth-order valence-corrected chi connectivity index (χ4v) is 9.83. The predicted octanol–water partition coefficient (Wildman–Crippen LogP) is 7.73. The van der Waals surface area contributed by atoms with Crippen LogP contribution in [0.3, 0.4) is 0 Å². The molecule has 16 nitrogen and oxygen atoms in total. The highest BCUT2D eigenvalue weighted by Crippen LogP contribution is 2.44. The third kappa shape index (κ3) is 8.22. The zero-order chi connectivity index (χ0) is 45.5. The SMILES string of the molecule is COC[C@H]1CC(c2ncc(-c3ccc4c(c3)COc3cc5c(ccc6nc([C@@H]7CC[C@H](C)N7C(=O)C(NC(=O)OC)C(C)C)[nH]c65)cc3-4)[nH]2)N(C(=O)C(NC(=O)OC)c2ccccc2)C1. The van der Waals surface area contributed by atoms with Crippen molar-refractivity contribution in [2.24, 2.45) is 11.8 Å². The fraction of sp³-hybridized carbons (Fsp3) is 0.388. The number of carbonyl (C=O) groups excluding carboxylic acids is 4. The van der Waals surface area contributed by atoms with Gasteiger partial charge in [0, 0.05) is 36.6 Å². The Morgan fingerprint density at radius 3 is 2.40 bits per heavy atom. The van der Waals surface area contributed by atoms with Gasteiger partial charge in [-0.3, -0.25) is 9.59 Å². The molecule has 6 aromatic rings. The summed E-state index contributed by atoms with van der Waals surface area (Å²) in [6.45, 7) is 7.12. The number of nitrogens with one attached hydrogen (secondary N) is 4. The van der Waals surface area contributed by atoms with Crippen LogP contribution in [0, 0.1) is 11.8 Å². The molecule has 9 rings (SSSR count). The molecule has 3 aliphatic rings. The van der Waals surface area contributed by atoms with Crippen molar-refractivity contribution < 1.29 is 38.1 Å². The number of fused-ring (bicyclic) bond motifs is 6. The monoisotopic (exact) mass is 882 g/mol. The van der Waals surface area contributed by atoms with E-state index in [-0.39, 0.29) is 41.8 Å². The molecule has 16 heteroatoms. The molecule has 4 N–H and O–H groups in total. The summed E-state index contributed by atoms with van der Waals surface area (Å²) in [5.41, 5.74) is 7.10.